The van der Waals surface area contributed by atoms with Crippen LogP contribution in [0.25, 0.3) is 27.7 Å². The van der Waals surface area contributed by atoms with Crippen molar-refractivity contribution in [3.63, 3.8) is 0 Å². The molecule has 1 N–H and O–H groups in total. The molecule has 0 unspecified atom stereocenters. The zero-order chi connectivity index (χ0) is 24.8. The molecule has 186 valence electrons. The van der Waals surface area contributed by atoms with Gasteiger partial charge in [-0.2, -0.15) is 0 Å². The number of fused-ring (bicyclic) bond motifs is 1. The van der Waals surface area contributed by atoms with E-state index >= 15 is 0 Å². The fraction of sp³-hybridized carbons (Fsp3) is 0.393. The summed E-state index contributed by atoms with van der Waals surface area (Å²) in [6.45, 7) is 8.99. The van der Waals surface area contributed by atoms with E-state index in [1.807, 2.05) is 44.2 Å². The zero-order valence-corrected chi connectivity index (χ0v) is 21.0. The third-order valence-corrected chi connectivity index (χ3v) is 6.47. The zero-order valence-electron chi connectivity index (χ0n) is 21.0. The molecule has 3 aromatic rings. The van der Waals surface area contributed by atoms with Crippen LogP contribution in [-0.4, -0.2) is 64.4 Å². The number of furan rings is 1. The molecule has 4 rings (SSSR count). The lowest BCUT2D eigenvalue weighted by atomic mass is 9.96. The number of carbonyl (C=O) groups excluding carboxylic acids is 1. The number of amides is 1. The second-order valence-corrected chi connectivity index (χ2v) is 8.73. The summed E-state index contributed by atoms with van der Waals surface area (Å²) in [5.41, 5.74) is 5.21. The maximum Gasteiger partial charge on any atom is 0.244 e. The van der Waals surface area contributed by atoms with Crippen molar-refractivity contribution in [3.8, 4) is 22.6 Å². The summed E-state index contributed by atoms with van der Waals surface area (Å²) in [5, 5.41) is 3.96. The highest BCUT2D eigenvalue weighted by Crippen LogP contribution is 2.42. The third kappa shape index (κ3) is 5.52. The number of nitrogens with zero attached hydrogens (tertiary/aromatic N) is 1. The molecule has 0 spiro atoms. The Bertz CT molecular complexity index is 1210. The number of para-hydroxylation sites is 1. The van der Waals surface area contributed by atoms with E-state index < -0.39 is 0 Å². The van der Waals surface area contributed by atoms with Gasteiger partial charge in [0.2, 0.25) is 5.91 Å². The number of nitrogens with one attached hydrogen (secondary N) is 1. The van der Waals surface area contributed by atoms with Crippen molar-refractivity contribution in [2.45, 2.75) is 20.3 Å². The molecule has 2 heterocycles. The summed E-state index contributed by atoms with van der Waals surface area (Å²) in [7, 11) is 3.30. The Morgan fingerprint density at radius 3 is 2.66 bits per heavy atom. The van der Waals surface area contributed by atoms with Crippen molar-refractivity contribution < 1.29 is 23.4 Å². The van der Waals surface area contributed by atoms with Crippen LogP contribution in [0.15, 0.2) is 47.1 Å². The quantitative estimate of drug-likeness (QED) is 0.356. The minimum Gasteiger partial charge on any atom is -0.496 e. The second kappa shape index (κ2) is 11.4. The molecule has 1 fully saturated rings. The molecule has 35 heavy (non-hydrogen) atoms. The summed E-state index contributed by atoms with van der Waals surface area (Å²) in [4.78, 5) is 15.0. The largest absolute Gasteiger partial charge is 0.496 e. The maximum absolute atomic E-state index is 12.7. The first-order valence-corrected chi connectivity index (χ1v) is 12.0. The topological polar surface area (TPSA) is 73.2 Å². The van der Waals surface area contributed by atoms with Gasteiger partial charge in [-0.15, -0.1) is 0 Å². The van der Waals surface area contributed by atoms with Crippen LogP contribution in [0.5, 0.6) is 11.5 Å². The van der Waals surface area contributed by atoms with Crippen LogP contribution in [0.1, 0.15) is 24.5 Å². The van der Waals surface area contributed by atoms with E-state index in [0.29, 0.717) is 12.3 Å². The minimum absolute atomic E-state index is 0.110. The summed E-state index contributed by atoms with van der Waals surface area (Å²) in [6.07, 6.45) is 4.30. The highest BCUT2D eigenvalue weighted by Gasteiger charge is 2.20. The number of methoxy groups -OCH3 is 2. The van der Waals surface area contributed by atoms with E-state index in [0.717, 1.165) is 83.8 Å². The fourth-order valence-corrected chi connectivity index (χ4v) is 4.61. The number of allylic oxidation sites excluding steroid dienone is 1. The highest BCUT2D eigenvalue weighted by molar-refractivity contribution is 6.02. The minimum atomic E-state index is -0.110. The number of morpholine rings is 1. The van der Waals surface area contributed by atoms with E-state index in [1.54, 1.807) is 26.6 Å². The Morgan fingerprint density at radius 2 is 1.91 bits per heavy atom. The average molecular weight is 479 g/mol. The molecule has 1 aromatic heterocycles. The number of ether oxygens (including phenoxy) is 3. The summed E-state index contributed by atoms with van der Waals surface area (Å²) in [6, 6.07) is 9.89. The van der Waals surface area contributed by atoms with E-state index in [4.69, 9.17) is 18.6 Å². The van der Waals surface area contributed by atoms with Gasteiger partial charge in [-0.3, -0.25) is 9.69 Å². The van der Waals surface area contributed by atoms with Gasteiger partial charge in [-0.25, -0.2) is 0 Å². The number of hydrogen-bond acceptors (Lipinski definition) is 6. The normalized spacial score (nSPS) is 14.8. The monoisotopic (exact) mass is 478 g/mol. The van der Waals surface area contributed by atoms with Crippen LogP contribution in [-0.2, 0) is 9.53 Å². The lowest BCUT2D eigenvalue weighted by Crippen LogP contribution is -2.38. The lowest BCUT2D eigenvalue weighted by Gasteiger charge is -2.26. The highest BCUT2D eigenvalue weighted by atomic mass is 16.5. The molecule has 1 amide bonds. The molecule has 1 saturated heterocycles. The van der Waals surface area contributed by atoms with Gasteiger partial charge in [-0.1, -0.05) is 18.2 Å². The molecular weight excluding hydrogens is 444 g/mol. The van der Waals surface area contributed by atoms with Crippen molar-refractivity contribution in [2.75, 3.05) is 53.6 Å². The fourth-order valence-electron chi connectivity index (χ4n) is 4.61. The second-order valence-electron chi connectivity index (χ2n) is 8.73. The van der Waals surface area contributed by atoms with Crippen LogP contribution in [0, 0.1) is 6.92 Å². The van der Waals surface area contributed by atoms with E-state index in [1.165, 1.54) is 0 Å². The first-order chi connectivity index (χ1) is 17.0. The van der Waals surface area contributed by atoms with Crippen LogP contribution < -0.4 is 14.8 Å². The maximum atomic E-state index is 12.7. The Kier molecular flexibility index (Phi) is 8.10. The van der Waals surface area contributed by atoms with Gasteiger partial charge in [0.1, 0.15) is 17.1 Å². The SMILES string of the molecule is COc1ccccc1-c1coc2c(C)c(OC)c(/C(C)=C/C(=O)NCCCN3CCOCC3)cc12. The van der Waals surface area contributed by atoms with Crippen molar-refractivity contribution in [1.29, 1.82) is 0 Å². The number of carbonyl (C=O) groups is 1. The van der Waals surface area contributed by atoms with E-state index in [2.05, 4.69) is 10.2 Å². The molecule has 0 atom stereocenters. The third-order valence-electron chi connectivity index (χ3n) is 6.47. The first kappa shape index (κ1) is 24.8. The molecule has 2 aromatic carbocycles. The predicted molar refractivity (Wildman–Crippen MR) is 138 cm³/mol. The van der Waals surface area contributed by atoms with E-state index in [-0.39, 0.29) is 5.91 Å². The Hall–Kier alpha value is -3.29. The molecule has 0 aliphatic carbocycles. The molecule has 0 radical (unpaired) electrons. The number of rotatable bonds is 9. The van der Waals surface area contributed by atoms with Crippen LogP contribution >= 0.6 is 0 Å². The number of hydrogen-bond donors (Lipinski definition) is 1. The van der Waals surface area contributed by atoms with Gasteiger partial charge in [0.15, 0.2) is 0 Å². The number of benzene rings is 2. The predicted octanol–water partition coefficient (Wildman–Crippen LogP) is 4.67. The van der Waals surface area contributed by atoms with Crippen LogP contribution in [0.2, 0.25) is 0 Å². The van der Waals surface area contributed by atoms with Gasteiger partial charge < -0.3 is 23.9 Å². The molecule has 1 aliphatic rings. The molecule has 7 nitrogen and oxygen atoms in total. The smallest absolute Gasteiger partial charge is 0.244 e. The Labute approximate surface area is 206 Å². The number of aryl methyl sites for hydroxylation is 1. The Morgan fingerprint density at radius 1 is 1.14 bits per heavy atom. The standard InChI is InChI=1S/C28H34N2O5/c1-19(16-26(31)29-10-7-11-30-12-14-34-15-13-30)22-17-23-24(21-8-5-6-9-25(21)32-3)18-35-28(23)20(2)27(22)33-4/h5-6,8-9,16-18H,7,10-15H2,1-4H3,(H,29,31)/b19-16+. The van der Waals surface area contributed by atoms with Crippen molar-refractivity contribution >= 4 is 22.4 Å². The summed E-state index contributed by atoms with van der Waals surface area (Å²) < 4.78 is 22.7. The molecular formula is C28H34N2O5. The van der Waals surface area contributed by atoms with Crippen LogP contribution in [0.3, 0.4) is 0 Å². The van der Waals surface area contributed by atoms with Gasteiger partial charge in [-0.05, 0) is 44.5 Å². The Balaban J connectivity index is 1.56. The van der Waals surface area contributed by atoms with Gasteiger partial charge in [0, 0.05) is 53.4 Å². The van der Waals surface area contributed by atoms with Gasteiger partial charge in [0.25, 0.3) is 0 Å². The lowest BCUT2D eigenvalue weighted by molar-refractivity contribution is -0.116. The van der Waals surface area contributed by atoms with Gasteiger partial charge >= 0.3 is 0 Å². The first-order valence-electron chi connectivity index (χ1n) is 12.0. The summed E-state index contributed by atoms with van der Waals surface area (Å²) in [5.74, 6) is 1.36. The average Bonchev–Trinajstić information content (AvgIpc) is 3.31. The molecule has 0 saturated carbocycles. The van der Waals surface area contributed by atoms with Crippen molar-refractivity contribution in [1.82, 2.24) is 10.2 Å². The van der Waals surface area contributed by atoms with Crippen molar-refractivity contribution in [2.24, 2.45) is 0 Å². The molecule has 7 heteroatoms. The van der Waals surface area contributed by atoms with Crippen molar-refractivity contribution in [3.05, 3.63) is 53.8 Å². The molecule has 1 aliphatic heterocycles. The van der Waals surface area contributed by atoms with E-state index in [9.17, 15) is 4.79 Å². The molecule has 0 bridgehead atoms. The van der Waals surface area contributed by atoms with Crippen LogP contribution in [0.4, 0.5) is 0 Å². The summed E-state index contributed by atoms with van der Waals surface area (Å²) >= 11 is 0. The van der Waals surface area contributed by atoms with Gasteiger partial charge in [0.05, 0.1) is 33.7 Å².